The number of rotatable bonds is 3. The zero-order chi connectivity index (χ0) is 28.7. The molecule has 0 radical (unpaired) electrons. The Kier molecular flexibility index (Phi) is 5.12. The van der Waals surface area contributed by atoms with E-state index in [1.807, 2.05) is 29.5 Å². The molecule has 5 aromatic carbocycles. The maximum atomic E-state index is 6.34. The summed E-state index contributed by atoms with van der Waals surface area (Å²) < 4.78 is 8.86. The van der Waals surface area contributed by atoms with Crippen molar-refractivity contribution in [3.05, 3.63) is 132 Å². The van der Waals surface area contributed by atoms with Crippen LogP contribution in [0.1, 0.15) is 25.0 Å². The summed E-state index contributed by atoms with van der Waals surface area (Å²) in [5, 5.41) is 3.60. The van der Waals surface area contributed by atoms with Gasteiger partial charge in [0.25, 0.3) is 0 Å². The zero-order valence-electron chi connectivity index (χ0n) is 23.8. The van der Waals surface area contributed by atoms with Gasteiger partial charge in [0.1, 0.15) is 11.3 Å². The van der Waals surface area contributed by atoms with Crippen LogP contribution in [0.15, 0.2) is 126 Å². The van der Waals surface area contributed by atoms with Crippen LogP contribution in [0.3, 0.4) is 0 Å². The molecule has 3 heterocycles. The van der Waals surface area contributed by atoms with Crippen molar-refractivity contribution in [3.8, 4) is 45.2 Å². The Labute approximate surface area is 253 Å². The molecule has 4 heteroatoms. The molecule has 8 aromatic rings. The number of thiophene rings is 1. The third-order valence-corrected chi connectivity index (χ3v) is 10.1. The van der Waals surface area contributed by atoms with Gasteiger partial charge in [0.2, 0.25) is 0 Å². The first kappa shape index (κ1) is 24.5. The summed E-state index contributed by atoms with van der Waals surface area (Å²) in [5.74, 6) is 1.43. The largest absolute Gasteiger partial charge is 0.454 e. The van der Waals surface area contributed by atoms with E-state index >= 15 is 0 Å². The fourth-order valence-electron chi connectivity index (χ4n) is 6.78. The van der Waals surface area contributed by atoms with Crippen LogP contribution in [0.4, 0.5) is 0 Å². The van der Waals surface area contributed by atoms with Crippen molar-refractivity contribution in [2.75, 3.05) is 0 Å². The molecule has 0 unspecified atom stereocenters. The van der Waals surface area contributed by atoms with Crippen molar-refractivity contribution in [2.45, 2.75) is 19.3 Å². The van der Waals surface area contributed by atoms with Gasteiger partial charge in [-0.2, -0.15) is 0 Å². The predicted molar refractivity (Wildman–Crippen MR) is 179 cm³/mol. The van der Waals surface area contributed by atoms with Gasteiger partial charge in [0.15, 0.2) is 11.6 Å². The van der Waals surface area contributed by atoms with Crippen molar-refractivity contribution in [1.82, 2.24) is 9.97 Å². The standard InChI is InChI=1S/C39H26N2OS/c1-39(2)29-14-6-4-12-27(29)37-28(13-9-15-30(37)39)31-22-32(34-20-23-10-3-7-16-33(23)42-34)41-38(40-31)24-18-19-26-25-11-5-8-17-35(25)43-36(26)21-24/h3-22H,1-2H3. The molecule has 0 aliphatic heterocycles. The van der Waals surface area contributed by atoms with E-state index in [0.29, 0.717) is 5.82 Å². The Balaban J connectivity index is 1.30. The highest BCUT2D eigenvalue weighted by Crippen LogP contribution is 2.52. The first-order valence-electron chi connectivity index (χ1n) is 14.6. The minimum absolute atomic E-state index is 0.0917. The molecule has 0 bridgehead atoms. The number of furan rings is 1. The van der Waals surface area contributed by atoms with Gasteiger partial charge in [0.05, 0.1) is 5.69 Å². The molecule has 0 N–H and O–H groups in total. The van der Waals surface area contributed by atoms with Crippen molar-refractivity contribution in [3.63, 3.8) is 0 Å². The average molecular weight is 571 g/mol. The highest BCUT2D eigenvalue weighted by molar-refractivity contribution is 7.25. The minimum Gasteiger partial charge on any atom is -0.454 e. The number of fused-ring (bicyclic) bond motifs is 7. The van der Waals surface area contributed by atoms with Crippen LogP contribution in [0, 0.1) is 0 Å². The molecule has 1 aliphatic rings. The smallest absolute Gasteiger partial charge is 0.160 e. The number of benzene rings is 5. The molecule has 0 spiro atoms. The summed E-state index contributed by atoms with van der Waals surface area (Å²) >= 11 is 1.81. The first-order valence-corrected chi connectivity index (χ1v) is 15.4. The molecule has 3 nitrogen and oxygen atoms in total. The van der Waals surface area contributed by atoms with Crippen LogP contribution in [0.25, 0.3) is 76.4 Å². The van der Waals surface area contributed by atoms with Gasteiger partial charge >= 0.3 is 0 Å². The van der Waals surface area contributed by atoms with Crippen molar-refractivity contribution >= 4 is 42.5 Å². The van der Waals surface area contributed by atoms with Gasteiger partial charge in [-0.05, 0) is 52.6 Å². The maximum Gasteiger partial charge on any atom is 0.160 e. The monoisotopic (exact) mass is 570 g/mol. The molecule has 0 fully saturated rings. The maximum absolute atomic E-state index is 6.34. The topological polar surface area (TPSA) is 38.9 Å². The Morgan fingerprint density at radius 1 is 0.605 bits per heavy atom. The minimum atomic E-state index is -0.0917. The molecule has 1 aliphatic carbocycles. The highest BCUT2D eigenvalue weighted by Gasteiger charge is 2.36. The van der Waals surface area contributed by atoms with E-state index < -0.39 is 0 Å². The van der Waals surface area contributed by atoms with Crippen molar-refractivity contribution < 1.29 is 4.42 Å². The number of para-hydroxylation sites is 1. The molecule has 3 aromatic heterocycles. The molecule has 204 valence electrons. The molecule has 9 rings (SSSR count). The number of hydrogen-bond acceptors (Lipinski definition) is 4. The normalized spacial score (nSPS) is 13.5. The van der Waals surface area contributed by atoms with Crippen LogP contribution in [-0.4, -0.2) is 9.97 Å². The van der Waals surface area contributed by atoms with Gasteiger partial charge in [-0.25, -0.2) is 9.97 Å². The molecule has 0 saturated carbocycles. The predicted octanol–water partition coefficient (Wildman–Crippen LogP) is 10.9. The van der Waals surface area contributed by atoms with Crippen molar-refractivity contribution in [1.29, 1.82) is 0 Å². The molecule has 0 amide bonds. The van der Waals surface area contributed by atoms with Crippen LogP contribution in [0.2, 0.25) is 0 Å². The van der Waals surface area contributed by atoms with E-state index in [1.165, 1.54) is 42.4 Å². The Hall–Kier alpha value is -5.06. The first-order chi connectivity index (χ1) is 21.0. The summed E-state index contributed by atoms with van der Waals surface area (Å²) in [6.45, 7) is 4.62. The summed E-state index contributed by atoms with van der Waals surface area (Å²) in [4.78, 5) is 10.4. The van der Waals surface area contributed by atoms with Crippen LogP contribution in [-0.2, 0) is 5.41 Å². The van der Waals surface area contributed by atoms with Gasteiger partial charge < -0.3 is 4.42 Å². The van der Waals surface area contributed by atoms with E-state index in [4.69, 9.17) is 14.4 Å². The second-order valence-electron chi connectivity index (χ2n) is 11.8. The SMILES string of the molecule is CC1(C)c2ccccc2-c2c(-c3cc(-c4cc5ccccc5o4)nc(-c4ccc5c(c4)sc4ccccc45)n3)cccc21. The van der Waals surface area contributed by atoms with E-state index in [1.54, 1.807) is 0 Å². The fourth-order valence-corrected chi connectivity index (χ4v) is 7.93. The van der Waals surface area contributed by atoms with E-state index in [9.17, 15) is 0 Å². The third kappa shape index (κ3) is 3.66. The summed E-state index contributed by atoms with van der Waals surface area (Å²) in [6, 6.07) is 42.8. The van der Waals surface area contributed by atoms with Crippen LogP contribution in [0.5, 0.6) is 0 Å². The lowest BCUT2D eigenvalue weighted by molar-refractivity contribution is 0.628. The zero-order valence-corrected chi connectivity index (χ0v) is 24.6. The highest BCUT2D eigenvalue weighted by atomic mass is 32.1. The van der Waals surface area contributed by atoms with E-state index in [2.05, 4.69) is 117 Å². The molecular formula is C39H26N2OS. The number of aromatic nitrogens is 2. The quantitative estimate of drug-likeness (QED) is 0.212. The third-order valence-electron chi connectivity index (χ3n) is 8.92. The average Bonchev–Trinajstić information content (AvgIpc) is 3.71. The molecule has 0 atom stereocenters. The Morgan fingerprint density at radius 3 is 2.28 bits per heavy atom. The fraction of sp³-hybridized carbons (Fsp3) is 0.0769. The van der Waals surface area contributed by atoms with Crippen LogP contribution >= 0.6 is 11.3 Å². The second-order valence-corrected chi connectivity index (χ2v) is 12.9. The lowest BCUT2D eigenvalue weighted by atomic mass is 9.82. The lowest BCUT2D eigenvalue weighted by Gasteiger charge is -2.21. The molecular weight excluding hydrogens is 545 g/mol. The Bertz CT molecular complexity index is 2360. The van der Waals surface area contributed by atoms with Gasteiger partial charge in [-0.15, -0.1) is 11.3 Å². The summed E-state index contributed by atoms with van der Waals surface area (Å²) in [7, 11) is 0. The summed E-state index contributed by atoms with van der Waals surface area (Å²) in [5.41, 5.74) is 9.72. The summed E-state index contributed by atoms with van der Waals surface area (Å²) in [6.07, 6.45) is 0. The molecule has 0 saturated heterocycles. The van der Waals surface area contributed by atoms with Crippen LogP contribution < -0.4 is 0 Å². The van der Waals surface area contributed by atoms with Gasteiger partial charge in [0, 0.05) is 42.1 Å². The number of nitrogens with zero attached hydrogens (tertiary/aromatic N) is 2. The second kappa shape index (κ2) is 8.97. The van der Waals surface area contributed by atoms with E-state index in [-0.39, 0.29) is 5.41 Å². The van der Waals surface area contributed by atoms with Gasteiger partial charge in [-0.1, -0.05) is 105 Å². The van der Waals surface area contributed by atoms with Gasteiger partial charge in [-0.3, -0.25) is 0 Å². The Morgan fingerprint density at radius 2 is 1.35 bits per heavy atom. The number of hydrogen-bond donors (Lipinski definition) is 0. The molecule has 43 heavy (non-hydrogen) atoms. The lowest BCUT2D eigenvalue weighted by Crippen LogP contribution is -2.14. The van der Waals surface area contributed by atoms with E-state index in [0.717, 1.165) is 39.2 Å². The van der Waals surface area contributed by atoms with Crippen molar-refractivity contribution in [2.24, 2.45) is 0 Å².